The van der Waals surface area contributed by atoms with E-state index in [1.54, 1.807) is 0 Å². The van der Waals surface area contributed by atoms with Gasteiger partial charge in [0.2, 0.25) is 0 Å². The second kappa shape index (κ2) is 0.758. The number of halogens is 1. The molecule has 0 nitrogen and oxygen atoms in total. The van der Waals surface area contributed by atoms with Crippen molar-refractivity contribution in [2.45, 2.75) is 24.9 Å². The molecule has 1 heteroatoms. The van der Waals surface area contributed by atoms with E-state index >= 15 is 0 Å². The first-order valence-corrected chi connectivity index (χ1v) is 3.54. The summed E-state index contributed by atoms with van der Waals surface area (Å²) in [6, 6.07) is 0. The van der Waals surface area contributed by atoms with Crippen LogP contribution in [0, 0.1) is 17.8 Å². The van der Waals surface area contributed by atoms with Crippen molar-refractivity contribution in [2.24, 2.45) is 17.8 Å². The van der Waals surface area contributed by atoms with Crippen molar-refractivity contribution in [1.82, 2.24) is 0 Å². The quantitative estimate of drug-likeness (QED) is 0.448. The monoisotopic (exact) mass is 112 g/mol. The summed E-state index contributed by atoms with van der Waals surface area (Å²) in [5.41, 5.74) is -0.571. The number of hydrogen-bond donors (Lipinski definition) is 0. The topological polar surface area (TPSA) is 0 Å². The average molecular weight is 112 g/mol. The number of hydrogen-bond acceptors (Lipinski definition) is 0. The molecule has 0 saturated heterocycles. The largest absolute Gasteiger partial charge is 0.243 e. The highest BCUT2D eigenvalue weighted by Gasteiger charge is 2.88. The second-order valence-corrected chi connectivity index (χ2v) is 3.50. The Labute approximate surface area is 48.1 Å². The molecule has 0 radical (unpaired) electrons. The normalized spacial score (nSPS) is 73.9. The standard InChI is InChI=1S/C7H9F/c8-7-4-2-1-3-5(7)6(4)7/h4-6H,1-3H2. The van der Waals surface area contributed by atoms with Crippen LogP contribution in [0.1, 0.15) is 19.3 Å². The lowest BCUT2D eigenvalue weighted by molar-refractivity contribution is 0.207. The Morgan fingerprint density at radius 1 is 1.25 bits per heavy atom. The number of alkyl halides is 1. The van der Waals surface area contributed by atoms with Gasteiger partial charge in [0, 0.05) is 5.92 Å². The van der Waals surface area contributed by atoms with Crippen molar-refractivity contribution in [3.05, 3.63) is 0 Å². The first-order chi connectivity index (χ1) is 3.85. The molecule has 0 aromatic carbocycles. The molecular weight excluding hydrogens is 103 g/mol. The zero-order valence-electron chi connectivity index (χ0n) is 4.73. The SMILES string of the molecule is FC12C3CCCC1C32. The predicted molar refractivity (Wildman–Crippen MR) is 28.2 cm³/mol. The molecule has 8 heavy (non-hydrogen) atoms. The third kappa shape index (κ3) is 0.185. The van der Waals surface area contributed by atoms with Gasteiger partial charge in [-0.25, -0.2) is 4.39 Å². The molecule has 44 valence electrons. The molecule has 0 aliphatic heterocycles. The van der Waals surface area contributed by atoms with Crippen LogP contribution in [0.5, 0.6) is 0 Å². The highest BCUT2D eigenvalue weighted by Crippen LogP contribution is 2.84. The van der Waals surface area contributed by atoms with E-state index in [0.29, 0.717) is 17.8 Å². The molecule has 0 aromatic rings. The maximum absolute atomic E-state index is 13.0. The van der Waals surface area contributed by atoms with Crippen LogP contribution in [0.4, 0.5) is 4.39 Å². The van der Waals surface area contributed by atoms with Gasteiger partial charge in [0.1, 0.15) is 5.67 Å². The molecular formula is C7H9F. The van der Waals surface area contributed by atoms with Crippen LogP contribution in [0.25, 0.3) is 0 Å². The predicted octanol–water partition coefficient (Wildman–Crippen LogP) is 1.75. The minimum atomic E-state index is -0.571. The van der Waals surface area contributed by atoms with Crippen LogP contribution in [0.3, 0.4) is 0 Å². The minimum Gasteiger partial charge on any atom is -0.243 e. The highest BCUT2D eigenvalue weighted by molar-refractivity contribution is 5.35. The molecule has 0 amide bonds. The van der Waals surface area contributed by atoms with E-state index in [9.17, 15) is 4.39 Å². The zero-order valence-corrected chi connectivity index (χ0v) is 4.73. The van der Waals surface area contributed by atoms with Crippen LogP contribution in [0.15, 0.2) is 0 Å². The highest BCUT2D eigenvalue weighted by atomic mass is 19.1. The third-order valence-electron chi connectivity index (χ3n) is 3.33. The van der Waals surface area contributed by atoms with E-state index in [0.717, 1.165) is 0 Å². The van der Waals surface area contributed by atoms with Crippen LogP contribution >= 0.6 is 0 Å². The van der Waals surface area contributed by atoms with E-state index in [1.165, 1.54) is 19.3 Å². The van der Waals surface area contributed by atoms with E-state index in [-0.39, 0.29) is 0 Å². The Hall–Kier alpha value is -0.0700. The van der Waals surface area contributed by atoms with Gasteiger partial charge in [-0.1, -0.05) is 6.42 Å². The molecule has 0 bridgehead atoms. The summed E-state index contributed by atoms with van der Waals surface area (Å²) in [5.74, 6) is 1.65. The van der Waals surface area contributed by atoms with E-state index in [4.69, 9.17) is 0 Å². The van der Waals surface area contributed by atoms with Crippen molar-refractivity contribution >= 4 is 0 Å². The first-order valence-electron chi connectivity index (χ1n) is 3.54. The number of fused-ring (bicyclic) bond motifs is 2. The van der Waals surface area contributed by atoms with Crippen molar-refractivity contribution in [1.29, 1.82) is 0 Å². The van der Waals surface area contributed by atoms with Crippen LogP contribution < -0.4 is 0 Å². The summed E-state index contributed by atoms with van der Waals surface area (Å²) in [7, 11) is 0. The Balaban J connectivity index is 1.97. The average Bonchev–Trinajstić information content (AvgIpc) is 2.60. The molecule has 3 fully saturated rings. The van der Waals surface area contributed by atoms with Crippen LogP contribution in [-0.4, -0.2) is 5.67 Å². The molecule has 3 rings (SSSR count). The second-order valence-electron chi connectivity index (χ2n) is 3.50. The lowest BCUT2D eigenvalue weighted by Crippen LogP contribution is -2.15. The van der Waals surface area contributed by atoms with E-state index in [2.05, 4.69) is 0 Å². The van der Waals surface area contributed by atoms with Crippen LogP contribution in [0.2, 0.25) is 0 Å². The molecule has 3 aliphatic carbocycles. The van der Waals surface area contributed by atoms with Gasteiger partial charge in [0.25, 0.3) is 0 Å². The van der Waals surface area contributed by atoms with Gasteiger partial charge >= 0.3 is 0 Å². The summed E-state index contributed by atoms with van der Waals surface area (Å²) in [4.78, 5) is 0. The summed E-state index contributed by atoms with van der Waals surface area (Å²) >= 11 is 0. The Kier molecular flexibility index (Phi) is 0.366. The van der Waals surface area contributed by atoms with Gasteiger partial charge in [0.15, 0.2) is 0 Å². The maximum Gasteiger partial charge on any atom is 0.121 e. The first kappa shape index (κ1) is 3.86. The lowest BCUT2D eigenvalue weighted by Gasteiger charge is -2.19. The van der Waals surface area contributed by atoms with Gasteiger partial charge < -0.3 is 0 Å². The smallest absolute Gasteiger partial charge is 0.121 e. The van der Waals surface area contributed by atoms with Crippen molar-refractivity contribution in [3.63, 3.8) is 0 Å². The van der Waals surface area contributed by atoms with Gasteiger partial charge in [-0.15, -0.1) is 0 Å². The fourth-order valence-electron chi connectivity index (χ4n) is 2.75. The summed E-state index contributed by atoms with van der Waals surface area (Å²) in [5, 5.41) is 0. The Morgan fingerprint density at radius 2 is 1.75 bits per heavy atom. The van der Waals surface area contributed by atoms with E-state index < -0.39 is 5.67 Å². The van der Waals surface area contributed by atoms with Gasteiger partial charge in [-0.3, -0.25) is 0 Å². The summed E-state index contributed by atoms with van der Waals surface area (Å²) < 4.78 is 13.0. The molecule has 3 aliphatic rings. The third-order valence-corrected chi connectivity index (χ3v) is 3.33. The lowest BCUT2D eigenvalue weighted by atomic mass is 9.88. The molecule has 0 N–H and O–H groups in total. The maximum atomic E-state index is 13.0. The van der Waals surface area contributed by atoms with Gasteiger partial charge in [-0.2, -0.15) is 0 Å². The van der Waals surface area contributed by atoms with Crippen molar-refractivity contribution < 1.29 is 4.39 Å². The number of rotatable bonds is 0. The Morgan fingerprint density at radius 3 is 2.00 bits per heavy atom. The molecule has 2 atom stereocenters. The molecule has 3 saturated carbocycles. The Bertz CT molecular complexity index is 131. The summed E-state index contributed by atoms with van der Waals surface area (Å²) in [6.07, 6.45) is 3.69. The van der Waals surface area contributed by atoms with Crippen molar-refractivity contribution in [3.8, 4) is 0 Å². The van der Waals surface area contributed by atoms with Gasteiger partial charge in [-0.05, 0) is 24.7 Å². The van der Waals surface area contributed by atoms with Gasteiger partial charge in [0.05, 0.1) is 0 Å². The zero-order chi connectivity index (χ0) is 5.35. The van der Waals surface area contributed by atoms with E-state index in [1.807, 2.05) is 0 Å². The molecule has 2 unspecified atom stereocenters. The fourth-order valence-corrected chi connectivity index (χ4v) is 2.75. The van der Waals surface area contributed by atoms with Crippen molar-refractivity contribution in [2.75, 3.05) is 0 Å². The molecule has 0 heterocycles. The summed E-state index contributed by atoms with van der Waals surface area (Å²) in [6.45, 7) is 0. The molecule has 0 spiro atoms. The minimum absolute atomic E-state index is 0.543. The fraction of sp³-hybridized carbons (Fsp3) is 1.00. The van der Waals surface area contributed by atoms with Crippen LogP contribution in [-0.2, 0) is 0 Å². The molecule has 0 aromatic heterocycles.